The van der Waals surface area contributed by atoms with Crippen LogP contribution in [0.2, 0.25) is 0 Å². The maximum atomic E-state index is 11.7. The average molecular weight is 289 g/mol. The van der Waals surface area contributed by atoms with Crippen LogP contribution in [0.1, 0.15) is 37.5 Å². The van der Waals surface area contributed by atoms with Gasteiger partial charge in [-0.05, 0) is 12.1 Å². The van der Waals surface area contributed by atoms with Crippen molar-refractivity contribution in [2.45, 2.75) is 32.2 Å². The lowest BCUT2D eigenvalue weighted by Gasteiger charge is -2.16. The number of hydrogen-bond donors (Lipinski definition) is 2. The van der Waals surface area contributed by atoms with Gasteiger partial charge in [0.05, 0.1) is 10.7 Å². The molecular formula is C15H19N3OS. The maximum absolute atomic E-state index is 11.7. The largest absolute Gasteiger partial charge is 0.369 e. The highest BCUT2D eigenvalue weighted by Gasteiger charge is 2.24. The molecule has 1 amide bonds. The van der Waals surface area contributed by atoms with E-state index in [1.54, 1.807) is 11.3 Å². The Balaban J connectivity index is 2.25. The van der Waals surface area contributed by atoms with Crippen LogP contribution in [0.25, 0.3) is 0 Å². The first kappa shape index (κ1) is 14.5. The molecule has 2 aromatic rings. The highest BCUT2D eigenvalue weighted by Crippen LogP contribution is 2.28. The van der Waals surface area contributed by atoms with Crippen molar-refractivity contribution in [3.63, 3.8) is 0 Å². The van der Waals surface area contributed by atoms with Gasteiger partial charge < -0.3 is 11.1 Å². The van der Waals surface area contributed by atoms with Gasteiger partial charge in [-0.2, -0.15) is 0 Å². The van der Waals surface area contributed by atoms with E-state index < -0.39 is 11.9 Å². The first-order valence-corrected chi connectivity index (χ1v) is 7.32. The van der Waals surface area contributed by atoms with E-state index in [-0.39, 0.29) is 5.41 Å². The molecule has 106 valence electrons. The number of hydrogen-bond acceptors (Lipinski definition) is 4. The zero-order valence-corrected chi connectivity index (χ0v) is 12.7. The summed E-state index contributed by atoms with van der Waals surface area (Å²) in [5.41, 5.74) is 6.99. The van der Waals surface area contributed by atoms with E-state index in [1.165, 1.54) is 0 Å². The standard InChI is InChI=1S/C15H19N3OS/c1-15(2,3)14-18-11(9-20-14)12(13(16)19)17-10-7-5-4-6-8-10/h4-9,12,17H,1-3H3,(H2,16,19). The van der Waals surface area contributed by atoms with Gasteiger partial charge in [-0.1, -0.05) is 39.0 Å². The highest BCUT2D eigenvalue weighted by atomic mass is 32.1. The zero-order chi connectivity index (χ0) is 14.8. The van der Waals surface area contributed by atoms with Crippen LogP contribution in [0, 0.1) is 0 Å². The number of anilines is 1. The van der Waals surface area contributed by atoms with E-state index in [9.17, 15) is 4.79 Å². The van der Waals surface area contributed by atoms with Crippen molar-refractivity contribution in [1.82, 2.24) is 4.98 Å². The molecule has 1 aromatic carbocycles. The molecule has 0 radical (unpaired) electrons. The predicted molar refractivity (Wildman–Crippen MR) is 82.8 cm³/mol. The molecule has 20 heavy (non-hydrogen) atoms. The van der Waals surface area contributed by atoms with Crippen LogP contribution in [0.5, 0.6) is 0 Å². The Kier molecular flexibility index (Phi) is 4.09. The summed E-state index contributed by atoms with van der Waals surface area (Å²) in [4.78, 5) is 16.2. The predicted octanol–water partition coefficient (Wildman–Crippen LogP) is 3.08. The number of nitrogens with zero attached hydrogens (tertiary/aromatic N) is 1. The summed E-state index contributed by atoms with van der Waals surface area (Å²) >= 11 is 1.55. The minimum absolute atomic E-state index is 0.0299. The average Bonchev–Trinajstić information content (AvgIpc) is 2.86. The highest BCUT2D eigenvalue weighted by molar-refractivity contribution is 7.09. The van der Waals surface area contributed by atoms with Crippen molar-refractivity contribution in [1.29, 1.82) is 0 Å². The molecule has 0 aliphatic heterocycles. The number of carbonyl (C=O) groups excluding carboxylic acids is 1. The molecule has 1 aromatic heterocycles. The molecule has 1 atom stereocenters. The number of para-hydroxylation sites is 1. The van der Waals surface area contributed by atoms with Crippen molar-refractivity contribution < 1.29 is 4.79 Å². The number of thiazole rings is 1. The normalized spacial score (nSPS) is 12.9. The Morgan fingerprint density at radius 1 is 1.30 bits per heavy atom. The first-order valence-electron chi connectivity index (χ1n) is 6.45. The zero-order valence-electron chi connectivity index (χ0n) is 11.9. The third-order valence-corrected chi connectivity index (χ3v) is 4.11. The Morgan fingerprint density at radius 3 is 2.45 bits per heavy atom. The molecule has 0 spiro atoms. The SMILES string of the molecule is CC(C)(C)c1nc(C(Nc2ccccc2)C(N)=O)cs1. The van der Waals surface area contributed by atoms with Crippen molar-refractivity contribution >= 4 is 22.9 Å². The molecule has 4 nitrogen and oxygen atoms in total. The summed E-state index contributed by atoms with van der Waals surface area (Å²) in [6.07, 6.45) is 0. The van der Waals surface area contributed by atoms with Crippen LogP contribution in [-0.4, -0.2) is 10.9 Å². The minimum Gasteiger partial charge on any atom is -0.369 e. The van der Waals surface area contributed by atoms with Crippen LogP contribution in [-0.2, 0) is 10.2 Å². The molecule has 0 aliphatic rings. The van der Waals surface area contributed by atoms with Gasteiger partial charge in [0, 0.05) is 16.5 Å². The molecule has 0 bridgehead atoms. The van der Waals surface area contributed by atoms with Gasteiger partial charge in [0.25, 0.3) is 0 Å². The second kappa shape index (κ2) is 5.63. The van der Waals surface area contributed by atoms with Crippen LogP contribution >= 0.6 is 11.3 Å². The number of amides is 1. The van der Waals surface area contributed by atoms with Crippen LogP contribution in [0.15, 0.2) is 35.7 Å². The van der Waals surface area contributed by atoms with Gasteiger partial charge in [-0.3, -0.25) is 4.79 Å². The Hall–Kier alpha value is -1.88. The molecule has 0 aliphatic carbocycles. The van der Waals surface area contributed by atoms with Gasteiger partial charge in [-0.25, -0.2) is 4.98 Å². The van der Waals surface area contributed by atoms with Gasteiger partial charge >= 0.3 is 0 Å². The van der Waals surface area contributed by atoms with E-state index in [1.807, 2.05) is 35.7 Å². The second-order valence-electron chi connectivity index (χ2n) is 5.67. The number of nitrogens with two attached hydrogens (primary N) is 1. The molecule has 1 heterocycles. The van der Waals surface area contributed by atoms with E-state index >= 15 is 0 Å². The lowest BCUT2D eigenvalue weighted by molar-refractivity contribution is -0.118. The quantitative estimate of drug-likeness (QED) is 0.909. The molecule has 3 N–H and O–H groups in total. The summed E-state index contributed by atoms with van der Waals surface area (Å²) in [5.74, 6) is -0.431. The fraction of sp³-hybridized carbons (Fsp3) is 0.333. The fourth-order valence-electron chi connectivity index (χ4n) is 1.76. The molecule has 0 saturated heterocycles. The van der Waals surface area contributed by atoms with Gasteiger partial charge in [-0.15, -0.1) is 11.3 Å². The number of primary amides is 1. The number of benzene rings is 1. The molecule has 5 heteroatoms. The lowest BCUT2D eigenvalue weighted by Crippen LogP contribution is -2.28. The van der Waals surface area contributed by atoms with Crippen molar-refractivity contribution in [3.05, 3.63) is 46.4 Å². The van der Waals surface area contributed by atoms with Gasteiger partial charge in [0.15, 0.2) is 0 Å². The summed E-state index contributed by atoms with van der Waals surface area (Å²) in [6.45, 7) is 6.29. The Bertz CT molecular complexity index is 587. The molecule has 1 unspecified atom stereocenters. The van der Waals surface area contributed by atoms with Gasteiger partial charge in [0.1, 0.15) is 6.04 Å². The van der Waals surface area contributed by atoms with Crippen LogP contribution in [0.3, 0.4) is 0 Å². The summed E-state index contributed by atoms with van der Waals surface area (Å²) < 4.78 is 0. The Labute approximate surface area is 123 Å². The summed E-state index contributed by atoms with van der Waals surface area (Å²) in [7, 11) is 0. The number of nitrogens with one attached hydrogen (secondary N) is 1. The van der Waals surface area contributed by atoms with Crippen molar-refractivity contribution in [2.75, 3.05) is 5.32 Å². The van der Waals surface area contributed by atoms with Gasteiger partial charge in [0.2, 0.25) is 5.91 Å². The summed E-state index contributed by atoms with van der Waals surface area (Å²) in [6, 6.07) is 8.92. The number of carbonyl (C=O) groups is 1. The molecule has 0 fully saturated rings. The second-order valence-corrected chi connectivity index (χ2v) is 6.53. The fourth-order valence-corrected chi connectivity index (χ4v) is 2.69. The van der Waals surface area contributed by atoms with Crippen molar-refractivity contribution in [2.24, 2.45) is 5.73 Å². The van der Waals surface area contributed by atoms with Crippen LogP contribution in [0.4, 0.5) is 5.69 Å². The topological polar surface area (TPSA) is 68.0 Å². The van der Waals surface area contributed by atoms with E-state index in [2.05, 4.69) is 31.1 Å². The molecule has 2 rings (SSSR count). The first-order chi connectivity index (χ1) is 9.38. The molecular weight excluding hydrogens is 270 g/mol. The van der Waals surface area contributed by atoms with E-state index in [0.717, 1.165) is 10.7 Å². The number of rotatable bonds is 4. The number of aromatic nitrogens is 1. The Morgan fingerprint density at radius 2 is 1.95 bits per heavy atom. The third-order valence-electron chi connectivity index (χ3n) is 2.83. The maximum Gasteiger partial charge on any atom is 0.246 e. The van der Waals surface area contributed by atoms with E-state index in [0.29, 0.717) is 5.69 Å². The van der Waals surface area contributed by atoms with Crippen molar-refractivity contribution in [3.8, 4) is 0 Å². The van der Waals surface area contributed by atoms with Crippen LogP contribution < -0.4 is 11.1 Å². The molecule has 0 saturated carbocycles. The minimum atomic E-state index is -0.607. The lowest BCUT2D eigenvalue weighted by atomic mass is 9.98. The third kappa shape index (κ3) is 3.36. The smallest absolute Gasteiger partial charge is 0.246 e. The van der Waals surface area contributed by atoms with E-state index in [4.69, 9.17) is 5.73 Å². The monoisotopic (exact) mass is 289 g/mol. The summed E-state index contributed by atoms with van der Waals surface area (Å²) in [5, 5.41) is 6.02.